The number of hydrogen-bond donors (Lipinski definition) is 0. The van der Waals surface area contributed by atoms with E-state index in [1.807, 2.05) is 0 Å². The van der Waals surface area contributed by atoms with Gasteiger partial charge in [-0.05, 0) is 60.4 Å². The molecule has 28 heavy (non-hydrogen) atoms. The van der Waals surface area contributed by atoms with Gasteiger partial charge in [0.25, 0.3) is 0 Å². The first-order chi connectivity index (χ1) is 13.8. The molecule has 0 heterocycles. The van der Waals surface area contributed by atoms with Crippen molar-refractivity contribution in [1.82, 2.24) is 0 Å². The van der Waals surface area contributed by atoms with Crippen LogP contribution in [-0.2, 0) is 13.0 Å². The molecule has 0 N–H and O–H groups in total. The Morgan fingerprint density at radius 1 is 0.714 bits per heavy atom. The molecule has 0 saturated carbocycles. The first-order valence-electron chi connectivity index (χ1n) is 10.4. The maximum Gasteiger partial charge on any atom is 0.119 e. The van der Waals surface area contributed by atoms with E-state index in [4.69, 9.17) is 4.74 Å². The van der Waals surface area contributed by atoms with Crippen LogP contribution in [0.15, 0.2) is 78.9 Å². The molecule has 0 unspecified atom stereocenters. The summed E-state index contributed by atoms with van der Waals surface area (Å²) in [5, 5.41) is 0. The van der Waals surface area contributed by atoms with E-state index in [2.05, 4.69) is 97.6 Å². The molecule has 0 fully saturated rings. The average molecular weight is 374 g/mol. The molecular formula is C26H31NO. The van der Waals surface area contributed by atoms with Crippen molar-refractivity contribution in [2.75, 3.05) is 11.4 Å². The van der Waals surface area contributed by atoms with Gasteiger partial charge in [-0.3, -0.25) is 0 Å². The lowest BCUT2D eigenvalue weighted by Gasteiger charge is -2.25. The van der Waals surface area contributed by atoms with Crippen molar-refractivity contribution in [3.63, 3.8) is 0 Å². The van der Waals surface area contributed by atoms with Gasteiger partial charge in [-0.2, -0.15) is 0 Å². The summed E-state index contributed by atoms with van der Waals surface area (Å²) in [5.74, 6) is 0.927. The van der Waals surface area contributed by atoms with E-state index in [-0.39, 0.29) is 0 Å². The smallest absolute Gasteiger partial charge is 0.119 e. The Morgan fingerprint density at radius 2 is 1.46 bits per heavy atom. The molecule has 0 amide bonds. The highest BCUT2D eigenvalue weighted by Crippen LogP contribution is 2.27. The van der Waals surface area contributed by atoms with Crippen LogP contribution in [0.5, 0.6) is 5.75 Å². The number of benzene rings is 3. The minimum absolute atomic E-state index is 0.581. The van der Waals surface area contributed by atoms with Crippen molar-refractivity contribution in [3.05, 3.63) is 90.0 Å². The maximum atomic E-state index is 6.03. The molecule has 0 atom stereocenters. The molecule has 0 bridgehead atoms. The van der Waals surface area contributed by atoms with E-state index < -0.39 is 0 Å². The van der Waals surface area contributed by atoms with Gasteiger partial charge in [0.05, 0.1) is 0 Å². The second-order valence-electron chi connectivity index (χ2n) is 7.19. The van der Waals surface area contributed by atoms with Gasteiger partial charge in [-0.15, -0.1) is 0 Å². The van der Waals surface area contributed by atoms with Crippen molar-refractivity contribution in [3.8, 4) is 5.75 Å². The number of unbranched alkanes of at least 4 members (excludes halogenated alkanes) is 1. The third-order valence-corrected chi connectivity index (χ3v) is 4.89. The van der Waals surface area contributed by atoms with Crippen LogP contribution in [0.4, 0.5) is 11.4 Å². The van der Waals surface area contributed by atoms with Crippen molar-refractivity contribution in [2.24, 2.45) is 0 Å². The fourth-order valence-corrected chi connectivity index (χ4v) is 3.35. The van der Waals surface area contributed by atoms with Gasteiger partial charge in [0.15, 0.2) is 0 Å². The summed E-state index contributed by atoms with van der Waals surface area (Å²) in [6.45, 7) is 6.04. The van der Waals surface area contributed by atoms with Gasteiger partial charge in [0.2, 0.25) is 0 Å². The van der Waals surface area contributed by atoms with E-state index in [0.29, 0.717) is 6.61 Å². The SMILES string of the molecule is CCCCN(c1ccccc1)c1cccc(COc2ccc(CCC)cc2)c1. The lowest BCUT2D eigenvalue weighted by Crippen LogP contribution is -2.18. The molecule has 0 radical (unpaired) electrons. The van der Waals surface area contributed by atoms with Crippen LogP contribution in [0.1, 0.15) is 44.2 Å². The summed E-state index contributed by atoms with van der Waals surface area (Å²) in [7, 11) is 0. The number of aryl methyl sites for hydroxylation is 1. The topological polar surface area (TPSA) is 12.5 Å². The van der Waals surface area contributed by atoms with Gasteiger partial charge in [-0.25, -0.2) is 0 Å². The van der Waals surface area contributed by atoms with Crippen LogP contribution in [0.3, 0.4) is 0 Å². The fraction of sp³-hybridized carbons (Fsp3) is 0.308. The maximum absolute atomic E-state index is 6.03. The zero-order valence-corrected chi connectivity index (χ0v) is 17.1. The molecule has 0 aliphatic rings. The van der Waals surface area contributed by atoms with E-state index in [0.717, 1.165) is 18.7 Å². The summed E-state index contributed by atoms with van der Waals surface area (Å²) in [5.41, 5.74) is 5.01. The number of anilines is 2. The van der Waals surface area contributed by atoms with Crippen LogP contribution in [-0.4, -0.2) is 6.54 Å². The molecule has 0 aromatic heterocycles. The summed E-state index contributed by atoms with van der Waals surface area (Å²) in [6, 6.07) is 27.8. The lowest BCUT2D eigenvalue weighted by molar-refractivity contribution is 0.306. The Bertz CT molecular complexity index is 827. The molecule has 2 heteroatoms. The first kappa shape index (κ1) is 20.0. The third kappa shape index (κ3) is 5.63. The van der Waals surface area contributed by atoms with Crippen molar-refractivity contribution < 1.29 is 4.74 Å². The molecule has 3 aromatic rings. The zero-order chi connectivity index (χ0) is 19.6. The second-order valence-corrected chi connectivity index (χ2v) is 7.19. The standard InChI is InChI=1S/C26H31NO/c1-3-5-19-27(24-12-7-6-8-13-24)25-14-9-11-23(20-25)21-28-26-17-15-22(10-4-2)16-18-26/h6-9,11-18,20H,3-5,10,19,21H2,1-2H3. The van der Waals surface area contributed by atoms with Crippen molar-refractivity contribution in [1.29, 1.82) is 0 Å². The molecule has 3 rings (SSSR count). The van der Waals surface area contributed by atoms with Crippen LogP contribution in [0.25, 0.3) is 0 Å². The van der Waals surface area contributed by atoms with Gasteiger partial charge in [0, 0.05) is 17.9 Å². The van der Waals surface area contributed by atoms with E-state index in [1.54, 1.807) is 0 Å². The Balaban J connectivity index is 1.71. The Labute approximate surface area is 169 Å². The zero-order valence-electron chi connectivity index (χ0n) is 17.1. The van der Waals surface area contributed by atoms with Crippen molar-refractivity contribution >= 4 is 11.4 Å². The highest BCUT2D eigenvalue weighted by Gasteiger charge is 2.09. The number of rotatable bonds is 10. The molecule has 146 valence electrons. The normalized spacial score (nSPS) is 10.6. The average Bonchev–Trinajstić information content (AvgIpc) is 2.75. The third-order valence-electron chi connectivity index (χ3n) is 4.89. The van der Waals surface area contributed by atoms with Gasteiger partial charge in [-0.1, -0.05) is 69.2 Å². The van der Waals surface area contributed by atoms with Crippen LogP contribution in [0, 0.1) is 0 Å². The molecule has 0 spiro atoms. The second kappa shape index (κ2) is 10.6. The predicted molar refractivity (Wildman–Crippen MR) is 120 cm³/mol. The molecule has 0 aliphatic carbocycles. The van der Waals surface area contributed by atoms with E-state index in [1.165, 1.54) is 41.8 Å². The van der Waals surface area contributed by atoms with E-state index in [9.17, 15) is 0 Å². The van der Waals surface area contributed by atoms with Gasteiger partial charge >= 0.3 is 0 Å². The number of nitrogens with zero attached hydrogens (tertiary/aromatic N) is 1. The summed E-state index contributed by atoms with van der Waals surface area (Å²) >= 11 is 0. The largest absolute Gasteiger partial charge is 0.489 e. The fourth-order valence-electron chi connectivity index (χ4n) is 3.35. The van der Waals surface area contributed by atoms with Crippen LogP contribution < -0.4 is 9.64 Å². The van der Waals surface area contributed by atoms with Crippen molar-refractivity contribution in [2.45, 2.75) is 46.1 Å². The lowest BCUT2D eigenvalue weighted by atomic mass is 10.1. The predicted octanol–water partition coefficient (Wildman–Crippen LogP) is 7.16. The quantitative estimate of drug-likeness (QED) is 0.374. The highest BCUT2D eigenvalue weighted by atomic mass is 16.5. The van der Waals surface area contributed by atoms with Gasteiger partial charge < -0.3 is 9.64 Å². The number of hydrogen-bond acceptors (Lipinski definition) is 2. The van der Waals surface area contributed by atoms with Crippen LogP contribution in [0.2, 0.25) is 0 Å². The molecule has 0 aliphatic heterocycles. The Hall–Kier alpha value is -2.74. The van der Waals surface area contributed by atoms with Gasteiger partial charge in [0.1, 0.15) is 12.4 Å². The summed E-state index contributed by atoms with van der Waals surface area (Å²) in [6.07, 6.45) is 4.64. The van der Waals surface area contributed by atoms with Crippen LogP contribution >= 0.6 is 0 Å². The molecule has 0 saturated heterocycles. The monoisotopic (exact) mass is 373 g/mol. The summed E-state index contributed by atoms with van der Waals surface area (Å²) in [4.78, 5) is 2.40. The van der Waals surface area contributed by atoms with E-state index >= 15 is 0 Å². The summed E-state index contributed by atoms with van der Waals surface area (Å²) < 4.78 is 6.03. The Kier molecular flexibility index (Phi) is 7.54. The minimum Gasteiger partial charge on any atom is -0.489 e. The minimum atomic E-state index is 0.581. The molecule has 3 aromatic carbocycles. The molecule has 2 nitrogen and oxygen atoms in total. The Morgan fingerprint density at radius 3 is 2.18 bits per heavy atom. The number of ether oxygens (including phenoxy) is 1. The first-order valence-corrected chi connectivity index (χ1v) is 10.4. The highest BCUT2D eigenvalue weighted by molar-refractivity contribution is 5.63. The molecular weight excluding hydrogens is 342 g/mol. The number of para-hydroxylation sites is 1.